The van der Waals surface area contributed by atoms with Crippen LogP contribution in [-0.4, -0.2) is 48.0 Å². The fourth-order valence-corrected chi connectivity index (χ4v) is 4.69. The summed E-state index contributed by atoms with van der Waals surface area (Å²) >= 11 is 7.68. The molecule has 166 valence electrons. The van der Waals surface area contributed by atoms with Crippen LogP contribution in [0.3, 0.4) is 0 Å². The van der Waals surface area contributed by atoms with Crippen LogP contribution in [-0.2, 0) is 0 Å². The van der Waals surface area contributed by atoms with E-state index in [2.05, 4.69) is 29.6 Å². The Kier molecular flexibility index (Phi) is 7.30. The zero-order valence-electron chi connectivity index (χ0n) is 16.9. The third kappa shape index (κ3) is 4.92. The van der Waals surface area contributed by atoms with Crippen LogP contribution in [0.25, 0.3) is 0 Å². The molecular weight excluding hydrogens is 439 g/mol. The predicted molar refractivity (Wildman–Crippen MR) is 111 cm³/mol. The number of carbonyl (C=O) groups excluding carboxylic acids is 1. The van der Waals surface area contributed by atoms with Crippen molar-refractivity contribution in [2.75, 3.05) is 31.5 Å². The lowest BCUT2D eigenvalue weighted by Crippen LogP contribution is -3.11. The van der Waals surface area contributed by atoms with Crippen LogP contribution in [0.15, 0.2) is 17.5 Å². The third-order valence-corrected chi connectivity index (χ3v) is 6.73. The number of hydrogen-bond acceptors (Lipinski definition) is 4. The Bertz CT molecular complexity index is 851. The molecule has 6 nitrogen and oxygen atoms in total. The summed E-state index contributed by atoms with van der Waals surface area (Å²) in [7, 11) is 0. The first-order valence-electron chi connectivity index (χ1n) is 10.0. The number of aromatic nitrogens is 2. The number of anilines is 1. The van der Waals surface area contributed by atoms with Crippen molar-refractivity contribution >= 4 is 34.7 Å². The molecule has 3 N–H and O–H groups in total. The van der Waals surface area contributed by atoms with Crippen molar-refractivity contribution < 1.29 is 22.9 Å². The zero-order chi connectivity index (χ0) is 21.9. The summed E-state index contributed by atoms with van der Waals surface area (Å²) in [6.45, 7) is 7.51. The Balaban J connectivity index is 1.77. The maximum Gasteiger partial charge on any atom is 0.410 e. The molecule has 2 aromatic heterocycles. The second kappa shape index (κ2) is 9.57. The average Bonchev–Trinajstić information content (AvgIpc) is 3.35. The van der Waals surface area contributed by atoms with Crippen molar-refractivity contribution in [2.45, 2.75) is 44.9 Å². The van der Waals surface area contributed by atoms with Crippen LogP contribution >= 0.6 is 22.9 Å². The quantitative estimate of drug-likeness (QED) is 0.525. The number of fused-ring (bicyclic) bond motifs is 1. The van der Waals surface area contributed by atoms with E-state index in [1.54, 1.807) is 12.1 Å². The van der Waals surface area contributed by atoms with Crippen molar-refractivity contribution in [3.63, 3.8) is 0 Å². The van der Waals surface area contributed by atoms with E-state index < -0.39 is 24.2 Å². The number of thiophene rings is 1. The smallest absolute Gasteiger partial charge is 0.361 e. The molecule has 3 heterocycles. The van der Waals surface area contributed by atoms with Crippen LogP contribution in [0.4, 0.5) is 19.0 Å². The number of nitrogens with zero attached hydrogens (tertiary/aromatic N) is 2. The molecule has 2 atom stereocenters. The van der Waals surface area contributed by atoms with Crippen molar-refractivity contribution in [1.29, 1.82) is 0 Å². The van der Waals surface area contributed by atoms with Crippen LogP contribution in [0.2, 0.25) is 5.02 Å². The Morgan fingerprint density at radius 2 is 2.17 bits per heavy atom. The lowest BCUT2D eigenvalue weighted by molar-refractivity contribution is -0.896. The predicted octanol–water partition coefficient (Wildman–Crippen LogP) is 3.30. The second-order valence-corrected chi connectivity index (χ2v) is 8.64. The number of nitrogens with one attached hydrogen (secondary N) is 3. The molecule has 1 aliphatic rings. The molecule has 1 aliphatic heterocycles. The lowest BCUT2D eigenvalue weighted by atomic mass is 10.0. The first-order valence-corrected chi connectivity index (χ1v) is 11.3. The highest BCUT2D eigenvalue weighted by atomic mass is 35.5. The van der Waals surface area contributed by atoms with Gasteiger partial charge in [-0.2, -0.15) is 18.3 Å². The fourth-order valence-electron chi connectivity index (χ4n) is 3.64. The molecule has 0 unspecified atom stereocenters. The van der Waals surface area contributed by atoms with E-state index in [4.69, 9.17) is 11.6 Å². The Hall–Kier alpha value is -1.78. The molecule has 0 aliphatic carbocycles. The number of alkyl halides is 3. The van der Waals surface area contributed by atoms with Crippen LogP contribution in [0.5, 0.6) is 0 Å². The first kappa shape index (κ1) is 22.9. The molecule has 11 heteroatoms. The monoisotopic (exact) mass is 464 g/mol. The molecule has 0 saturated heterocycles. The highest BCUT2D eigenvalue weighted by molar-refractivity contribution is 7.10. The van der Waals surface area contributed by atoms with E-state index in [0.29, 0.717) is 6.54 Å². The normalized spacial score (nSPS) is 18.9. The Labute approximate surface area is 182 Å². The van der Waals surface area contributed by atoms with Crippen molar-refractivity contribution in [1.82, 2.24) is 15.1 Å². The number of carbonyl (C=O) groups is 1. The molecule has 1 amide bonds. The molecule has 30 heavy (non-hydrogen) atoms. The van der Waals surface area contributed by atoms with Crippen LogP contribution < -0.4 is 15.5 Å². The minimum Gasteiger partial charge on any atom is -0.361 e. The van der Waals surface area contributed by atoms with Gasteiger partial charge in [-0.05, 0) is 25.3 Å². The Morgan fingerprint density at radius 3 is 2.77 bits per heavy atom. The van der Waals surface area contributed by atoms with Gasteiger partial charge < -0.3 is 15.5 Å². The van der Waals surface area contributed by atoms with Gasteiger partial charge in [0.1, 0.15) is 10.8 Å². The highest BCUT2D eigenvalue weighted by Crippen LogP contribution is 2.46. The molecule has 2 aromatic rings. The van der Waals surface area contributed by atoms with Gasteiger partial charge in [-0.15, -0.1) is 11.3 Å². The van der Waals surface area contributed by atoms with Crippen LogP contribution in [0, 0.1) is 0 Å². The summed E-state index contributed by atoms with van der Waals surface area (Å²) in [4.78, 5) is 14.7. The van der Waals surface area contributed by atoms with Gasteiger partial charge >= 0.3 is 6.18 Å². The van der Waals surface area contributed by atoms with Crippen molar-refractivity contribution in [3.8, 4) is 0 Å². The molecule has 0 saturated carbocycles. The maximum atomic E-state index is 13.7. The molecule has 0 fully saturated rings. The number of halogens is 4. The number of quaternary nitrogens is 1. The average molecular weight is 465 g/mol. The van der Waals surface area contributed by atoms with E-state index in [1.807, 2.05) is 5.38 Å². The number of hydrogen-bond donors (Lipinski definition) is 3. The van der Waals surface area contributed by atoms with E-state index >= 15 is 0 Å². The summed E-state index contributed by atoms with van der Waals surface area (Å²) in [5.74, 6) is -0.534. The topological polar surface area (TPSA) is 63.4 Å². The molecule has 0 aromatic carbocycles. The van der Waals surface area contributed by atoms with Gasteiger partial charge in [-0.25, -0.2) is 4.68 Å². The van der Waals surface area contributed by atoms with E-state index in [-0.39, 0.29) is 23.0 Å². The molecule has 3 rings (SSSR count). The van der Waals surface area contributed by atoms with Gasteiger partial charge in [0, 0.05) is 24.3 Å². The van der Waals surface area contributed by atoms with Gasteiger partial charge in [0.25, 0.3) is 5.91 Å². The second-order valence-electron chi connectivity index (χ2n) is 7.28. The molecule has 0 spiro atoms. The summed E-state index contributed by atoms with van der Waals surface area (Å²) in [5.41, 5.74) is -0.185. The van der Waals surface area contributed by atoms with E-state index in [0.717, 1.165) is 35.6 Å². The van der Waals surface area contributed by atoms with Crippen LogP contribution in [0.1, 0.15) is 54.1 Å². The van der Waals surface area contributed by atoms with E-state index in [1.165, 1.54) is 16.2 Å². The largest absolute Gasteiger partial charge is 0.410 e. The van der Waals surface area contributed by atoms with Gasteiger partial charge in [0.05, 0.1) is 25.7 Å². The minimum atomic E-state index is -4.51. The lowest BCUT2D eigenvalue weighted by Gasteiger charge is -2.32. The standard InChI is InChI=1S/C19H25ClF3N5OS/c1-3-27(4-2)9-6-8-24-18(29)16-15(20)17-25-12(13-7-5-10-30-13)11-14(19(21,22)23)28(17)26-16/h5,7,10,12,14,25H,3-4,6,8-9,11H2,1-2H3,(H,24,29)/p+1/t12-,14-/m0/s1. The van der Waals surface area contributed by atoms with E-state index in [9.17, 15) is 18.0 Å². The summed E-state index contributed by atoms with van der Waals surface area (Å²) in [5, 5.41) is 11.4. The third-order valence-electron chi connectivity index (χ3n) is 5.39. The first-order chi connectivity index (χ1) is 14.3. The summed E-state index contributed by atoms with van der Waals surface area (Å²) < 4.78 is 42.0. The molecular formula is C19H26ClF3N5OS+. The summed E-state index contributed by atoms with van der Waals surface area (Å²) in [6.07, 6.45) is -3.97. The van der Waals surface area contributed by atoms with Crippen molar-refractivity contribution in [2.24, 2.45) is 0 Å². The molecule has 0 radical (unpaired) electrons. The highest BCUT2D eigenvalue weighted by Gasteiger charge is 2.48. The number of amides is 1. The zero-order valence-corrected chi connectivity index (χ0v) is 18.4. The maximum absolute atomic E-state index is 13.7. The fraction of sp³-hybridized carbons (Fsp3) is 0.579. The van der Waals surface area contributed by atoms with Gasteiger partial charge in [0.15, 0.2) is 11.7 Å². The van der Waals surface area contributed by atoms with Crippen molar-refractivity contribution in [3.05, 3.63) is 33.1 Å². The molecule has 0 bridgehead atoms. The van der Waals surface area contributed by atoms with Gasteiger partial charge in [0.2, 0.25) is 0 Å². The van der Waals surface area contributed by atoms with Gasteiger partial charge in [-0.3, -0.25) is 4.79 Å². The Morgan fingerprint density at radius 1 is 1.43 bits per heavy atom. The number of rotatable bonds is 8. The summed E-state index contributed by atoms with van der Waals surface area (Å²) in [6, 6.07) is 1.16. The SMILES string of the molecule is CC[NH+](CC)CCCNC(=O)c1nn2c(c1Cl)N[C@H](c1cccs1)C[C@H]2C(F)(F)F. The van der Waals surface area contributed by atoms with Gasteiger partial charge in [-0.1, -0.05) is 17.7 Å². The minimum absolute atomic E-state index is 0.0291.